The van der Waals surface area contributed by atoms with Crippen LogP contribution in [0, 0.1) is 13.8 Å². The van der Waals surface area contributed by atoms with Crippen LogP contribution in [0.3, 0.4) is 0 Å². The summed E-state index contributed by atoms with van der Waals surface area (Å²) in [5, 5.41) is 5.30. The van der Waals surface area contributed by atoms with Gasteiger partial charge in [0, 0.05) is 30.0 Å². The third-order valence-electron chi connectivity index (χ3n) is 4.72. The van der Waals surface area contributed by atoms with Crippen LogP contribution in [0.5, 0.6) is 0 Å². The highest BCUT2D eigenvalue weighted by molar-refractivity contribution is 7.91. The minimum Gasteiger partial charge on any atom is -0.361 e. The lowest BCUT2D eigenvalue weighted by atomic mass is 10.1. The molecule has 1 aliphatic rings. The average molecular weight is 383 g/mol. The van der Waals surface area contributed by atoms with E-state index >= 15 is 0 Å². The van der Waals surface area contributed by atoms with Crippen molar-refractivity contribution in [2.24, 2.45) is 0 Å². The second kappa shape index (κ2) is 7.29. The van der Waals surface area contributed by atoms with Gasteiger partial charge in [-0.1, -0.05) is 11.2 Å². The molecule has 0 aromatic carbocycles. The van der Waals surface area contributed by atoms with Gasteiger partial charge in [-0.05, 0) is 38.1 Å². The molecule has 136 valence electrons. The maximum Gasteiger partial charge on any atom is 0.222 e. The van der Waals surface area contributed by atoms with E-state index in [0.29, 0.717) is 25.8 Å². The van der Waals surface area contributed by atoms with Crippen LogP contribution in [0.25, 0.3) is 0 Å². The van der Waals surface area contributed by atoms with E-state index in [0.717, 1.165) is 21.9 Å². The zero-order chi connectivity index (χ0) is 18.0. The highest BCUT2D eigenvalue weighted by Gasteiger charge is 2.33. The zero-order valence-corrected chi connectivity index (χ0v) is 16.0. The summed E-state index contributed by atoms with van der Waals surface area (Å²) in [6.07, 6.45) is 1.37. The van der Waals surface area contributed by atoms with Crippen LogP contribution >= 0.6 is 11.3 Å². The summed E-state index contributed by atoms with van der Waals surface area (Å²) in [4.78, 5) is 15.1. The standard InChI is InChI=1S/C17H22N2O4S2/c1-12-14(13(2)23-18-12)5-6-17(20)19-8-7-16(15-4-3-10-24-15)25(21,22)11-9-19/h3-4,10,16H,5-9,11H2,1-2H3/t16-/m1/s1. The first-order valence-corrected chi connectivity index (χ1v) is 10.9. The molecule has 25 heavy (non-hydrogen) atoms. The molecule has 0 aliphatic carbocycles. The van der Waals surface area contributed by atoms with Crippen molar-refractivity contribution < 1.29 is 17.7 Å². The van der Waals surface area contributed by atoms with Crippen LogP contribution in [0.1, 0.15) is 40.0 Å². The topological polar surface area (TPSA) is 80.5 Å². The minimum atomic E-state index is -3.23. The van der Waals surface area contributed by atoms with Gasteiger partial charge in [0.05, 0.1) is 16.7 Å². The molecule has 1 atom stereocenters. The molecule has 0 saturated carbocycles. The van der Waals surface area contributed by atoms with Crippen LogP contribution in [-0.2, 0) is 21.1 Å². The molecule has 2 aromatic rings. The van der Waals surface area contributed by atoms with E-state index in [4.69, 9.17) is 4.52 Å². The van der Waals surface area contributed by atoms with Crippen LogP contribution in [0.2, 0.25) is 0 Å². The van der Waals surface area contributed by atoms with E-state index < -0.39 is 15.1 Å². The maximum atomic E-state index is 12.6. The number of aromatic nitrogens is 1. The Morgan fingerprint density at radius 3 is 2.84 bits per heavy atom. The molecule has 1 fully saturated rings. The first-order valence-electron chi connectivity index (χ1n) is 8.33. The Hall–Kier alpha value is -1.67. The maximum absolute atomic E-state index is 12.6. The first-order chi connectivity index (χ1) is 11.9. The van der Waals surface area contributed by atoms with Gasteiger partial charge in [0.15, 0.2) is 9.84 Å². The lowest BCUT2D eigenvalue weighted by Gasteiger charge is -2.19. The second-order valence-corrected chi connectivity index (χ2v) is 9.63. The number of hydrogen-bond acceptors (Lipinski definition) is 6. The number of nitrogens with zero attached hydrogens (tertiary/aromatic N) is 2. The summed E-state index contributed by atoms with van der Waals surface area (Å²) in [7, 11) is -3.23. The molecule has 0 N–H and O–H groups in total. The molecular formula is C17H22N2O4S2. The Bertz CT molecular complexity index is 821. The first kappa shape index (κ1) is 18.1. The van der Waals surface area contributed by atoms with Crippen molar-refractivity contribution in [1.29, 1.82) is 0 Å². The predicted molar refractivity (Wildman–Crippen MR) is 96.3 cm³/mol. The third-order valence-corrected chi connectivity index (χ3v) is 7.97. The number of rotatable bonds is 4. The fourth-order valence-corrected chi connectivity index (χ4v) is 6.24. The van der Waals surface area contributed by atoms with Gasteiger partial charge in [0.1, 0.15) is 5.76 Å². The van der Waals surface area contributed by atoms with Gasteiger partial charge in [0.2, 0.25) is 5.91 Å². The molecule has 1 amide bonds. The van der Waals surface area contributed by atoms with Gasteiger partial charge in [-0.2, -0.15) is 0 Å². The summed E-state index contributed by atoms with van der Waals surface area (Å²) in [6.45, 7) is 4.44. The minimum absolute atomic E-state index is 0.0120. The quantitative estimate of drug-likeness (QED) is 0.812. The largest absolute Gasteiger partial charge is 0.361 e. The summed E-state index contributed by atoms with van der Waals surface area (Å²) in [5.74, 6) is 0.746. The third kappa shape index (κ3) is 3.95. The average Bonchev–Trinajstić information content (AvgIpc) is 3.15. The van der Waals surface area contributed by atoms with E-state index in [1.165, 1.54) is 11.3 Å². The van der Waals surface area contributed by atoms with Crippen molar-refractivity contribution in [3.8, 4) is 0 Å². The molecule has 0 spiro atoms. The lowest BCUT2D eigenvalue weighted by Crippen LogP contribution is -2.33. The Morgan fingerprint density at radius 1 is 1.40 bits per heavy atom. The van der Waals surface area contributed by atoms with Gasteiger partial charge >= 0.3 is 0 Å². The number of thiophene rings is 1. The zero-order valence-electron chi connectivity index (χ0n) is 14.4. The van der Waals surface area contributed by atoms with Crippen LogP contribution in [0.15, 0.2) is 22.0 Å². The summed E-state index contributed by atoms with van der Waals surface area (Å²) >= 11 is 1.46. The molecular weight excluding hydrogens is 360 g/mol. The van der Waals surface area contributed by atoms with Crippen molar-refractivity contribution in [3.63, 3.8) is 0 Å². The fraction of sp³-hybridized carbons (Fsp3) is 0.529. The van der Waals surface area contributed by atoms with E-state index in [1.807, 2.05) is 31.4 Å². The Kier molecular flexibility index (Phi) is 5.29. The lowest BCUT2D eigenvalue weighted by molar-refractivity contribution is -0.130. The number of amides is 1. The number of sulfone groups is 1. The SMILES string of the molecule is Cc1noc(C)c1CCC(=O)N1CC[C@H](c2cccs2)S(=O)(=O)CC1. The van der Waals surface area contributed by atoms with Crippen LogP contribution in [0.4, 0.5) is 0 Å². The van der Waals surface area contributed by atoms with Crippen molar-refractivity contribution >= 4 is 27.1 Å². The molecule has 0 radical (unpaired) electrons. The van der Waals surface area contributed by atoms with Gasteiger partial charge in [-0.25, -0.2) is 8.42 Å². The Labute approximate surface area is 151 Å². The summed E-state index contributed by atoms with van der Waals surface area (Å²) < 4.78 is 30.2. The summed E-state index contributed by atoms with van der Waals surface area (Å²) in [5.41, 5.74) is 1.77. The van der Waals surface area contributed by atoms with Gasteiger partial charge in [-0.15, -0.1) is 11.3 Å². The molecule has 3 heterocycles. The Balaban J connectivity index is 1.65. The molecule has 0 bridgehead atoms. The highest BCUT2D eigenvalue weighted by Crippen LogP contribution is 2.32. The molecule has 0 unspecified atom stereocenters. The van der Waals surface area contributed by atoms with Gasteiger partial charge in [0.25, 0.3) is 0 Å². The van der Waals surface area contributed by atoms with Gasteiger partial charge in [-0.3, -0.25) is 4.79 Å². The smallest absolute Gasteiger partial charge is 0.222 e. The molecule has 1 aliphatic heterocycles. The molecule has 2 aromatic heterocycles. The molecule has 6 nitrogen and oxygen atoms in total. The van der Waals surface area contributed by atoms with E-state index in [2.05, 4.69) is 5.16 Å². The molecule has 3 rings (SSSR count). The van der Waals surface area contributed by atoms with Crippen molar-refractivity contribution in [3.05, 3.63) is 39.4 Å². The van der Waals surface area contributed by atoms with Crippen molar-refractivity contribution in [2.45, 2.75) is 38.4 Å². The normalized spacial score (nSPS) is 20.4. The number of aryl methyl sites for hydroxylation is 2. The van der Waals surface area contributed by atoms with Gasteiger partial charge < -0.3 is 9.42 Å². The van der Waals surface area contributed by atoms with Crippen LogP contribution < -0.4 is 0 Å². The van der Waals surface area contributed by atoms with E-state index in [1.54, 1.807) is 4.90 Å². The second-order valence-electron chi connectivity index (χ2n) is 6.34. The van der Waals surface area contributed by atoms with Crippen molar-refractivity contribution in [1.82, 2.24) is 10.1 Å². The Morgan fingerprint density at radius 2 is 2.20 bits per heavy atom. The van der Waals surface area contributed by atoms with Crippen LogP contribution in [-0.4, -0.2) is 43.2 Å². The number of carbonyl (C=O) groups excluding carboxylic acids is 1. The summed E-state index contributed by atoms with van der Waals surface area (Å²) in [6, 6.07) is 3.73. The predicted octanol–water partition coefficient (Wildman–Crippen LogP) is 2.67. The monoisotopic (exact) mass is 382 g/mol. The van der Waals surface area contributed by atoms with E-state index in [-0.39, 0.29) is 18.2 Å². The van der Waals surface area contributed by atoms with Crippen molar-refractivity contribution in [2.75, 3.05) is 18.8 Å². The number of carbonyl (C=O) groups is 1. The van der Waals surface area contributed by atoms with E-state index in [9.17, 15) is 13.2 Å². The molecule has 8 heteroatoms. The molecule has 1 saturated heterocycles. The number of hydrogen-bond donors (Lipinski definition) is 0. The highest BCUT2D eigenvalue weighted by atomic mass is 32.2. The fourth-order valence-electron chi connectivity index (χ4n) is 3.24.